The van der Waals surface area contributed by atoms with Crippen LogP contribution in [0.25, 0.3) is 0 Å². The Morgan fingerprint density at radius 3 is 2.20 bits per heavy atom. The molecule has 4 heteroatoms. The van der Waals surface area contributed by atoms with Gasteiger partial charge < -0.3 is 10.1 Å². The van der Waals surface area contributed by atoms with Gasteiger partial charge >= 0.3 is 6.09 Å². The van der Waals surface area contributed by atoms with Crippen LogP contribution in [0, 0.1) is 5.92 Å². The van der Waals surface area contributed by atoms with Crippen LogP contribution in [0.4, 0.5) is 4.79 Å². The molecule has 0 radical (unpaired) electrons. The molecule has 0 aromatic heterocycles. The fourth-order valence-electron chi connectivity index (χ4n) is 1.48. The second kappa shape index (κ2) is 4.21. The molecular formula is C11H19NO3. The molecule has 0 aromatic rings. The molecule has 0 spiro atoms. The third-order valence-corrected chi connectivity index (χ3v) is 2.42. The highest BCUT2D eigenvalue weighted by Gasteiger charge is 2.35. The van der Waals surface area contributed by atoms with Crippen LogP contribution in [0.15, 0.2) is 0 Å². The third-order valence-electron chi connectivity index (χ3n) is 2.42. The van der Waals surface area contributed by atoms with Crippen LogP contribution in [-0.4, -0.2) is 23.5 Å². The van der Waals surface area contributed by atoms with Crippen LogP contribution in [0.1, 0.15) is 40.5 Å². The Hall–Kier alpha value is -1.06. The molecule has 4 nitrogen and oxygen atoms in total. The van der Waals surface area contributed by atoms with Gasteiger partial charge in [-0.3, -0.25) is 4.79 Å². The zero-order valence-electron chi connectivity index (χ0n) is 9.79. The number of carbonyl (C=O) groups excluding carboxylic acids is 2. The average molecular weight is 213 g/mol. The molecule has 1 amide bonds. The lowest BCUT2D eigenvalue weighted by Gasteiger charge is -2.33. The van der Waals surface area contributed by atoms with Crippen LogP contribution < -0.4 is 5.32 Å². The number of hydrogen-bond acceptors (Lipinski definition) is 3. The summed E-state index contributed by atoms with van der Waals surface area (Å²) in [5, 5.41) is 2.72. The van der Waals surface area contributed by atoms with E-state index in [1.165, 1.54) is 0 Å². The van der Waals surface area contributed by atoms with E-state index < -0.39 is 6.09 Å². The molecule has 0 aliphatic heterocycles. The van der Waals surface area contributed by atoms with Gasteiger partial charge in [0.2, 0.25) is 0 Å². The molecule has 1 aliphatic carbocycles. The molecule has 15 heavy (non-hydrogen) atoms. The van der Waals surface area contributed by atoms with Gasteiger partial charge in [-0.05, 0) is 40.5 Å². The second-order valence-corrected chi connectivity index (χ2v) is 5.18. The first kappa shape index (κ1) is 12.0. The van der Waals surface area contributed by atoms with Gasteiger partial charge in [-0.15, -0.1) is 0 Å². The fraction of sp³-hybridized carbons (Fsp3) is 0.818. The summed E-state index contributed by atoms with van der Waals surface area (Å²) in [6, 6.07) is 0. The van der Waals surface area contributed by atoms with Crippen LogP contribution in [0.2, 0.25) is 0 Å². The number of ketones is 1. The van der Waals surface area contributed by atoms with E-state index in [4.69, 9.17) is 4.74 Å². The van der Waals surface area contributed by atoms with Crippen molar-refractivity contribution >= 4 is 11.9 Å². The SMILES string of the molecule is CC(=O)C1CC(OC(=O)NC(C)(C)C)C1. The lowest BCUT2D eigenvalue weighted by atomic mass is 9.80. The Bertz CT molecular complexity index is 261. The quantitative estimate of drug-likeness (QED) is 0.762. The van der Waals surface area contributed by atoms with Crippen LogP contribution in [-0.2, 0) is 9.53 Å². The van der Waals surface area contributed by atoms with Gasteiger partial charge in [-0.1, -0.05) is 0 Å². The Balaban J connectivity index is 2.22. The Labute approximate surface area is 90.4 Å². The molecular weight excluding hydrogens is 194 g/mol. The van der Waals surface area contributed by atoms with Gasteiger partial charge in [0, 0.05) is 11.5 Å². The normalized spacial score (nSPS) is 25.3. The summed E-state index contributed by atoms with van der Waals surface area (Å²) < 4.78 is 5.14. The number of nitrogens with one attached hydrogen (secondary N) is 1. The summed E-state index contributed by atoms with van der Waals surface area (Å²) in [5.74, 6) is 0.281. The number of Topliss-reactive ketones (excluding diaryl/α,β-unsaturated/α-hetero) is 1. The lowest BCUT2D eigenvalue weighted by Crippen LogP contribution is -2.45. The highest BCUT2D eigenvalue weighted by Crippen LogP contribution is 2.30. The molecule has 0 aromatic carbocycles. The number of hydrogen-bond donors (Lipinski definition) is 1. The van der Waals surface area contributed by atoms with Crippen molar-refractivity contribution in [1.29, 1.82) is 0 Å². The van der Waals surface area contributed by atoms with Crippen molar-refractivity contribution in [1.82, 2.24) is 5.32 Å². The first-order chi connectivity index (χ1) is 6.78. The largest absolute Gasteiger partial charge is 0.446 e. The van der Waals surface area contributed by atoms with Gasteiger partial charge in [-0.2, -0.15) is 0 Å². The van der Waals surface area contributed by atoms with Gasteiger partial charge in [-0.25, -0.2) is 4.79 Å². The Morgan fingerprint density at radius 2 is 1.80 bits per heavy atom. The minimum atomic E-state index is -0.394. The molecule has 0 heterocycles. The van der Waals surface area contributed by atoms with E-state index in [2.05, 4.69) is 5.32 Å². The molecule has 0 unspecified atom stereocenters. The van der Waals surface area contributed by atoms with Crippen molar-refractivity contribution in [3.63, 3.8) is 0 Å². The highest BCUT2D eigenvalue weighted by molar-refractivity contribution is 5.79. The Kier molecular flexibility index (Phi) is 3.37. The lowest BCUT2D eigenvalue weighted by molar-refractivity contribution is -0.127. The van der Waals surface area contributed by atoms with Crippen LogP contribution >= 0.6 is 0 Å². The monoisotopic (exact) mass is 213 g/mol. The number of amides is 1. The zero-order valence-corrected chi connectivity index (χ0v) is 9.79. The Morgan fingerprint density at radius 1 is 1.27 bits per heavy atom. The summed E-state index contributed by atoms with van der Waals surface area (Å²) in [6.07, 6.45) is 0.871. The van der Waals surface area contributed by atoms with Gasteiger partial charge in [0.05, 0.1) is 0 Å². The predicted octanol–water partition coefficient (Wildman–Crippen LogP) is 1.88. The van der Waals surface area contributed by atoms with Crippen molar-refractivity contribution in [2.45, 2.75) is 52.2 Å². The molecule has 0 saturated heterocycles. The smallest absolute Gasteiger partial charge is 0.407 e. The molecule has 1 rings (SSSR count). The summed E-state index contributed by atoms with van der Waals surface area (Å²) in [5.41, 5.74) is -0.277. The van der Waals surface area contributed by atoms with Crippen molar-refractivity contribution in [3.05, 3.63) is 0 Å². The second-order valence-electron chi connectivity index (χ2n) is 5.18. The van der Waals surface area contributed by atoms with Gasteiger partial charge in [0.1, 0.15) is 11.9 Å². The van der Waals surface area contributed by atoms with Crippen molar-refractivity contribution < 1.29 is 14.3 Å². The number of ether oxygens (including phenoxy) is 1. The number of carbonyl (C=O) groups is 2. The zero-order chi connectivity index (χ0) is 11.6. The van der Waals surface area contributed by atoms with Gasteiger partial charge in [0.25, 0.3) is 0 Å². The van der Waals surface area contributed by atoms with E-state index in [9.17, 15) is 9.59 Å². The van der Waals surface area contributed by atoms with E-state index in [1.54, 1.807) is 6.92 Å². The standard InChI is InChI=1S/C11H19NO3/c1-7(13)8-5-9(6-8)15-10(14)12-11(2,3)4/h8-9H,5-6H2,1-4H3,(H,12,14). The molecule has 0 bridgehead atoms. The average Bonchev–Trinajstić information content (AvgIpc) is 1.91. The van der Waals surface area contributed by atoms with E-state index in [1.807, 2.05) is 20.8 Å². The van der Waals surface area contributed by atoms with E-state index in [-0.39, 0.29) is 23.3 Å². The summed E-state index contributed by atoms with van der Waals surface area (Å²) in [4.78, 5) is 22.3. The minimum absolute atomic E-state index is 0.0822. The maximum atomic E-state index is 11.3. The maximum Gasteiger partial charge on any atom is 0.407 e. The molecule has 0 atom stereocenters. The van der Waals surface area contributed by atoms with E-state index in [0.717, 1.165) is 0 Å². The summed E-state index contributed by atoms with van der Waals surface area (Å²) >= 11 is 0. The van der Waals surface area contributed by atoms with Crippen molar-refractivity contribution in [2.75, 3.05) is 0 Å². The van der Waals surface area contributed by atoms with Gasteiger partial charge in [0.15, 0.2) is 0 Å². The molecule has 86 valence electrons. The first-order valence-electron chi connectivity index (χ1n) is 5.27. The third kappa shape index (κ3) is 3.90. The maximum absolute atomic E-state index is 11.3. The predicted molar refractivity (Wildman–Crippen MR) is 56.6 cm³/mol. The first-order valence-corrected chi connectivity index (χ1v) is 5.27. The van der Waals surface area contributed by atoms with Crippen molar-refractivity contribution in [2.24, 2.45) is 5.92 Å². The van der Waals surface area contributed by atoms with Crippen molar-refractivity contribution in [3.8, 4) is 0 Å². The highest BCUT2D eigenvalue weighted by atomic mass is 16.6. The molecule has 1 aliphatic rings. The molecule has 1 fully saturated rings. The van der Waals surface area contributed by atoms with Crippen LogP contribution in [0.3, 0.4) is 0 Å². The number of rotatable bonds is 2. The summed E-state index contributed by atoms with van der Waals surface area (Å²) in [6.45, 7) is 7.27. The molecule has 1 N–H and O–H groups in total. The van der Waals surface area contributed by atoms with E-state index in [0.29, 0.717) is 12.8 Å². The summed E-state index contributed by atoms with van der Waals surface area (Å²) in [7, 11) is 0. The fourth-order valence-corrected chi connectivity index (χ4v) is 1.48. The molecule has 1 saturated carbocycles. The minimum Gasteiger partial charge on any atom is -0.446 e. The van der Waals surface area contributed by atoms with E-state index >= 15 is 0 Å². The number of alkyl carbamates (subject to hydrolysis) is 1. The van der Waals surface area contributed by atoms with Crippen LogP contribution in [0.5, 0.6) is 0 Å². The topological polar surface area (TPSA) is 55.4 Å².